The number of carbonyl (C=O) groups is 1. The number of carbonyl (C=O) groups excluding carboxylic acids is 1. The van der Waals surface area contributed by atoms with Crippen LogP contribution in [0.2, 0.25) is 0 Å². The summed E-state index contributed by atoms with van der Waals surface area (Å²) in [5, 5.41) is 3.09. The number of amides is 1. The first-order valence-corrected chi connectivity index (χ1v) is 8.11. The Labute approximate surface area is 134 Å². The zero-order chi connectivity index (χ0) is 16.3. The molecule has 1 fully saturated rings. The van der Waals surface area contributed by atoms with Crippen molar-refractivity contribution in [3.8, 4) is 0 Å². The minimum absolute atomic E-state index is 0.0545. The van der Waals surface area contributed by atoms with Crippen molar-refractivity contribution in [1.29, 1.82) is 0 Å². The first-order valence-electron chi connectivity index (χ1n) is 8.11. The summed E-state index contributed by atoms with van der Waals surface area (Å²) in [6.07, 6.45) is 6.50. The van der Waals surface area contributed by atoms with Gasteiger partial charge in [0.15, 0.2) is 0 Å². The summed E-state index contributed by atoms with van der Waals surface area (Å²) < 4.78 is 3.25. The van der Waals surface area contributed by atoms with Gasteiger partial charge >= 0.3 is 5.69 Å². The number of nitrogens with one attached hydrogen (secondary N) is 1. The fourth-order valence-electron chi connectivity index (χ4n) is 4.09. The standard InChI is InChI=1S/C18H21N3O2/c1-10-6-15-16(21(3)18(23)20(15)2)9-14(10)19-17(22)13-8-11-4-5-12(13)7-11/h4-6,9,11-13H,7-8H2,1-3H3,(H,19,22)/t11-,12+,13-/m1/s1. The number of imidazole rings is 1. The number of allylic oxidation sites excluding steroid dienone is 2. The van der Waals surface area contributed by atoms with Gasteiger partial charge in [-0.2, -0.15) is 0 Å². The topological polar surface area (TPSA) is 56.0 Å². The van der Waals surface area contributed by atoms with E-state index >= 15 is 0 Å². The second-order valence-corrected chi connectivity index (χ2v) is 6.93. The number of rotatable bonds is 2. The van der Waals surface area contributed by atoms with Crippen LogP contribution < -0.4 is 11.0 Å². The lowest BCUT2D eigenvalue weighted by molar-refractivity contribution is -0.120. The molecule has 1 amide bonds. The maximum Gasteiger partial charge on any atom is 0.328 e. The molecule has 5 heteroatoms. The van der Waals surface area contributed by atoms with Crippen molar-refractivity contribution in [2.24, 2.45) is 31.8 Å². The maximum atomic E-state index is 12.6. The van der Waals surface area contributed by atoms with Gasteiger partial charge in [0.05, 0.1) is 11.0 Å². The summed E-state index contributed by atoms with van der Waals surface area (Å²) in [6.45, 7) is 1.97. The van der Waals surface area contributed by atoms with Gasteiger partial charge < -0.3 is 5.32 Å². The van der Waals surface area contributed by atoms with Crippen LogP contribution in [0, 0.1) is 24.7 Å². The van der Waals surface area contributed by atoms with E-state index in [1.807, 2.05) is 19.1 Å². The van der Waals surface area contributed by atoms with E-state index in [0.29, 0.717) is 11.8 Å². The molecule has 2 aliphatic carbocycles. The molecule has 0 unspecified atom stereocenters. The molecule has 1 saturated carbocycles. The van der Waals surface area contributed by atoms with Crippen LogP contribution in [0.25, 0.3) is 11.0 Å². The number of aromatic nitrogens is 2. The van der Waals surface area contributed by atoms with Crippen LogP contribution in [0.15, 0.2) is 29.1 Å². The normalized spacial score (nSPS) is 25.4. The quantitative estimate of drug-likeness (QED) is 0.866. The second-order valence-electron chi connectivity index (χ2n) is 6.93. The smallest absolute Gasteiger partial charge is 0.326 e. The van der Waals surface area contributed by atoms with E-state index in [9.17, 15) is 9.59 Å². The molecule has 4 rings (SSSR count). The van der Waals surface area contributed by atoms with E-state index in [-0.39, 0.29) is 17.5 Å². The largest absolute Gasteiger partial charge is 0.328 e. The number of benzene rings is 1. The van der Waals surface area contributed by atoms with Gasteiger partial charge in [0.1, 0.15) is 0 Å². The van der Waals surface area contributed by atoms with Gasteiger partial charge in [0, 0.05) is 25.7 Å². The summed E-state index contributed by atoms with van der Waals surface area (Å²) >= 11 is 0. The Balaban J connectivity index is 1.68. The van der Waals surface area contributed by atoms with Gasteiger partial charge in [-0.1, -0.05) is 12.2 Å². The molecule has 0 aliphatic heterocycles. The third-order valence-electron chi connectivity index (χ3n) is 5.49. The Bertz CT molecular complexity index is 903. The molecule has 0 saturated heterocycles. The maximum absolute atomic E-state index is 12.6. The van der Waals surface area contributed by atoms with Gasteiger partial charge in [0.2, 0.25) is 5.91 Å². The summed E-state index contributed by atoms with van der Waals surface area (Å²) in [4.78, 5) is 24.7. The number of aryl methyl sites for hydroxylation is 3. The molecule has 120 valence electrons. The third-order valence-corrected chi connectivity index (χ3v) is 5.49. The molecule has 1 aromatic carbocycles. The van der Waals surface area contributed by atoms with Crippen molar-refractivity contribution < 1.29 is 4.79 Å². The molecule has 1 heterocycles. The van der Waals surface area contributed by atoms with Gasteiger partial charge in [-0.25, -0.2) is 4.79 Å². The highest BCUT2D eigenvalue weighted by Crippen LogP contribution is 2.43. The highest BCUT2D eigenvalue weighted by molar-refractivity contribution is 5.96. The van der Waals surface area contributed by atoms with Gasteiger partial charge in [0.25, 0.3) is 0 Å². The van der Waals surface area contributed by atoms with Crippen molar-refractivity contribution in [2.75, 3.05) is 5.32 Å². The lowest BCUT2D eigenvalue weighted by atomic mass is 9.92. The molecule has 1 aromatic heterocycles. The lowest BCUT2D eigenvalue weighted by Crippen LogP contribution is -2.26. The monoisotopic (exact) mass is 311 g/mol. The molecular weight excluding hydrogens is 290 g/mol. The first-order chi connectivity index (χ1) is 11.0. The van der Waals surface area contributed by atoms with E-state index in [1.165, 1.54) is 0 Å². The molecule has 0 radical (unpaired) electrons. The highest BCUT2D eigenvalue weighted by atomic mass is 16.2. The second kappa shape index (κ2) is 4.85. The van der Waals surface area contributed by atoms with Gasteiger partial charge in [-0.3, -0.25) is 13.9 Å². The number of hydrogen-bond donors (Lipinski definition) is 1. The predicted octanol–water partition coefficient (Wildman–Crippen LogP) is 2.34. The average Bonchev–Trinajstić information content (AvgIpc) is 3.21. The van der Waals surface area contributed by atoms with E-state index in [0.717, 1.165) is 35.1 Å². The molecule has 2 aliphatic rings. The summed E-state index contributed by atoms with van der Waals surface area (Å²) in [6, 6.07) is 3.88. The van der Waals surface area contributed by atoms with E-state index < -0.39 is 0 Å². The van der Waals surface area contributed by atoms with Gasteiger partial charge in [-0.15, -0.1) is 0 Å². The predicted molar refractivity (Wildman–Crippen MR) is 90.4 cm³/mol. The van der Waals surface area contributed by atoms with E-state index in [4.69, 9.17) is 0 Å². The molecule has 2 bridgehead atoms. The molecule has 5 nitrogen and oxygen atoms in total. The molecule has 23 heavy (non-hydrogen) atoms. The lowest BCUT2D eigenvalue weighted by Gasteiger charge is -2.18. The van der Waals surface area contributed by atoms with E-state index in [1.54, 1.807) is 23.2 Å². The Morgan fingerprint density at radius 1 is 1.13 bits per heavy atom. The number of hydrogen-bond acceptors (Lipinski definition) is 2. The SMILES string of the molecule is Cc1cc2c(cc1NC(=O)[C@@H]1C[C@@H]3C=C[C@H]1C3)n(C)c(=O)n2C. The van der Waals surface area contributed by atoms with Crippen molar-refractivity contribution in [3.63, 3.8) is 0 Å². The Morgan fingerprint density at radius 3 is 2.43 bits per heavy atom. The van der Waals surface area contributed by atoms with Crippen LogP contribution in [-0.2, 0) is 18.9 Å². The minimum atomic E-state index is -0.0545. The fourth-order valence-corrected chi connectivity index (χ4v) is 4.09. The summed E-state index contributed by atoms with van der Waals surface area (Å²) in [7, 11) is 3.52. The third kappa shape index (κ3) is 2.06. The van der Waals surface area contributed by atoms with Crippen LogP contribution >= 0.6 is 0 Å². The number of fused-ring (bicyclic) bond motifs is 3. The fraction of sp³-hybridized carbons (Fsp3) is 0.444. The first kappa shape index (κ1) is 14.3. The molecule has 2 aromatic rings. The van der Waals surface area contributed by atoms with Crippen LogP contribution in [0.5, 0.6) is 0 Å². The van der Waals surface area contributed by atoms with Crippen LogP contribution in [0.3, 0.4) is 0 Å². The van der Waals surface area contributed by atoms with Crippen molar-refractivity contribution in [2.45, 2.75) is 19.8 Å². The zero-order valence-electron chi connectivity index (χ0n) is 13.7. The zero-order valence-corrected chi connectivity index (χ0v) is 13.7. The van der Waals surface area contributed by atoms with Crippen LogP contribution in [0.1, 0.15) is 18.4 Å². The molecule has 1 N–H and O–H groups in total. The average molecular weight is 311 g/mol. The Morgan fingerprint density at radius 2 is 1.83 bits per heavy atom. The number of nitrogens with zero attached hydrogens (tertiary/aromatic N) is 2. The van der Waals surface area contributed by atoms with Crippen molar-refractivity contribution in [3.05, 3.63) is 40.3 Å². The van der Waals surface area contributed by atoms with Crippen LogP contribution in [-0.4, -0.2) is 15.0 Å². The number of anilines is 1. The molecule has 0 spiro atoms. The van der Waals surface area contributed by atoms with Crippen molar-refractivity contribution >= 4 is 22.6 Å². The minimum Gasteiger partial charge on any atom is -0.326 e. The molecule has 3 atom stereocenters. The molecular formula is C18H21N3O2. The van der Waals surface area contributed by atoms with Crippen LogP contribution in [0.4, 0.5) is 5.69 Å². The Hall–Kier alpha value is -2.30. The summed E-state index contributed by atoms with van der Waals surface area (Å²) in [5.41, 5.74) is 3.45. The van der Waals surface area contributed by atoms with Crippen molar-refractivity contribution in [1.82, 2.24) is 9.13 Å². The summed E-state index contributed by atoms with van der Waals surface area (Å²) in [5.74, 6) is 1.16. The van der Waals surface area contributed by atoms with E-state index in [2.05, 4.69) is 17.5 Å². The Kier molecular flexibility index (Phi) is 3.01. The van der Waals surface area contributed by atoms with Gasteiger partial charge in [-0.05, 0) is 49.3 Å². The highest BCUT2D eigenvalue weighted by Gasteiger charge is 2.39.